The van der Waals surface area contributed by atoms with Crippen molar-refractivity contribution in [1.29, 1.82) is 0 Å². The second-order valence-corrected chi connectivity index (χ2v) is 10.9. The molecule has 0 bridgehead atoms. The summed E-state index contributed by atoms with van der Waals surface area (Å²) < 4.78 is 47.3. The van der Waals surface area contributed by atoms with Gasteiger partial charge in [-0.25, -0.2) is 4.98 Å². The standard InChI is InChI=1S/C24H23BrF3N3OS/c25-21-15-29-22(33-21)30-11-8-23(9-12-30)10-13-31(19-6-1-2-7-20(19)32-23)16-17-4-3-5-18(14-17)24(26,27)28/h1-7,14-15H,8-13,16H2. The Bertz CT molecular complexity index is 1130. The Morgan fingerprint density at radius 2 is 1.79 bits per heavy atom. The van der Waals surface area contributed by atoms with Crippen LogP contribution in [-0.2, 0) is 12.7 Å². The van der Waals surface area contributed by atoms with Gasteiger partial charge in [0.05, 0.1) is 21.2 Å². The number of nitrogens with zero attached hydrogens (tertiary/aromatic N) is 3. The van der Waals surface area contributed by atoms with Crippen molar-refractivity contribution < 1.29 is 17.9 Å². The van der Waals surface area contributed by atoms with Gasteiger partial charge in [0, 0.05) is 45.4 Å². The van der Waals surface area contributed by atoms with E-state index in [1.165, 1.54) is 12.1 Å². The highest BCUT2D eigenvalue weighted by Gasteiger charge is 2.40. The largest absolute Gasteiger partial charge is 0.485 e. The number of piperidine rings is 1. The van der Waals surface area contributed by atoms with Crippen molar-refractivity contribution >= 4 is 38.1 Å². The van der Waals surface area contributed by atoms with Crippen LogP contribution in [0.15, 0.2) is 58.5 Å². The molecule has 0 aliphatic carbocycles. The number of fused-ring (bicyclic) bond motifs is 1. The number of anilines is 2. The first kappa shape index (κ1) is 22.5. The Hall–Kier alpha value is -2.26. The van der Waals surface area contributed by atoms with Crippen LogP contribution in [0.5, 0.6) is 5.75 Å². The van der Waals surface area contributed by atoms with Crippen LogP contribution < -0.4 is 14.5 Å². The maximum atomic E-state index is 13.2. The first-order chi connectivity index (χ1) is 15.8. The summed E-state index contributed by atoms with van der Waals surface area (Å²) in [7, 11) is 0. The summed E-state index contributed by atoms with van der Waals surface area (Å²) in [4.78, 5) is 8.91. The molecule has 5 rings (SSSR count). The number of hydrogen-bond donors (Lipinski definition) is 0. The Morgan fingerprint density at radius 3 is 2.52 bits per heavy atom. The van der Waals surface area contributed by atoms with Gasteiger partial charge in [0.25, 0.3) is 0 Å². The van der Waals surface area contributed by atoms with Crippen molar-refractivity contribution in [3.8, 4) is 5.75 Å². The van der Waals surface area contributed by atoms with Gasteiger partial charge in [-0.1, -0.05) is 35.6 Å². The van der Waals surface area contributed by atoms with Crippen LogP contribution in [-0.4, -0.2) is 30.2 Å². The highest BCUT2D eigenvalue weighted by atomic mass is 79.9. The van der Waals surface area contributed by atoms with Crippen LogP contribution in [0.25, 0.3) is 0 Å². The lowest BCUT2D eigenvalue weighted by atomic mass is 9.88. The molecule has 1 aromatic heterocycles. The van der Waals surface area contributed by atoms with Gasteiger partial charge >= 0.3 is 6.18 Å². The molecule has 3 aromatic rings. The van der Waals surface area contributed by atoms with E-state index < -0.39 is 11.7 Å². The normalized spacial score (nSPS) is 18.1. The second kappa shape index (κ2) is 8.83. The van der Waals surface area contributed by atoms with Crippen molar-refractivity contribution in [2.45, 2.75) is 37.6 Å². The summed E-state index contributed by atoms with van der Waals surface area (Å²) in [6.45, 7) is 2.83. The van der Waals surface area contributed by atoms with E-state index >= 15 is 0 Å². The summed E-state index contributed by atoms with van der Waals surface area (Å²) in [5.74, 6) is 0.799. The van der Waals surface area contributed by atoms with Crippen molar-refractivity contribution in [3.05, 3.63) is 69.6 Å². The molecule has 0 saturated carbocycles. The lowest BCUT2D eigenvalue weighted by molar-refractivity contribution is -0.137. The van der Waals surface area contributed by atoms with Crippen molar-refractivity contribution in [2.24, 2.45) is 0 Å². The molecule has 3 heterocycles. The molecule has 1 spiro atoms. The molecule has 0 unspecified atom stereocenters. The number of rotatable bonds is 3. The number of benzene rings is 2. The predicted molar refractivity (Wildman–Crippen MR) is 128 cm³/mol. The van der Waals surface area contributed by atoms with E-state index in [0.29, 0.717) is 12.1 Å². The Balaban J connectivity index is 1.35. The zero-order valence-electron chi connectivity index (χ0n) is 17.8. The third-order valence-electron chi connectivity index (χ3n) is 6.41. The first-order valence-electron chi connectivity index (χ1n) is 10.9. The van der Waals surface area contributed by atoms with Crippen LogP contribution in [0.2, 0.25) is 0 Å². The topological polar surface area (TPSA) is 28.6 Å². The smallest absolute Gasteiger partial charge is 0.416 e. The lowest BCUT2D eigenvalue weighted by Gasteiger charge is -2.41. The fourth-order valence-corrected chi connectivity index (χ4v) is 5.86. The summed E-state index contributed by atoms with van der Waals surface area (Å²) in [5.41, 5.74) is 0.666. The fourth-order valence-electron chi connectivity index (χ4n) is 4.63. The summed E-state index contributed by atoms with van der Waals surface area (Å²) in [5, 5.41) is 1.01. The molecule has 0 atom stereocenters. The van der Waals surface area contributed by atoms with Gasteiger partial charge in [-0.05, 0) is 45.8 Å². The molecule has 0 amide bonds. The van der Waals surface area contributed by atoms with E-state index in [0.717, 1.165) is 65.3 Å². The highest BCUT2D eigenvalue weighted by molar-refractivity contribution is 9.11. The molecule has 1 saturated heterocycles. The van der Waals surface area contributed by atoms with E-state index in [9.17, 15) is 13.2 Å². The van der Waals surface area contributed by atoms with Gasteiger partial charge in [-0.15, -0.1) is 0 Å². The molecule has 0 N–H and O–H groups in total. The molecule has 33 heavy (non-hydrogen) atoms. The minimum atomic E-state index is -4.35. The van der Waals surface area contributed by atoms with Gasteiger partial charge in [-0.2, -0.15) is 13.2 Å². The number of alkyl halides is 3. The maximum absolute atomic E-state index is 13.2. The average Bonchev–Trinajstić information content (AvgIpc) is 3.17. The zero-order chi connectivity index (χ0) is 23.1. The monoisotopic (exact) mass is 537 g/mol. The van der Waals surface area contributed by atoms with Crippen molar-refractivity contribution in [3.63, 3.8) is 0 Å². The van der Waals surface area contributed by atoms with Gasteiger partial charge in [0.2, 0.25) is 0 Å². The van der Waals surface area contributed by atoms with Gasteiger partial charge in [-0.3, -0.25) is 0 Å². The number of para-hydroxylation sites is 2. The summed E-state index contributed by atoms with van der Waals surface area (Å²) in [6.07, 6.45) is 0.0389. The Kier molecular flexibility index (Phi) is 6.03. The second-order valence-electron chi connectivity index (χ2n) is 8.56. The van der Waals surface area contributed by atoms with E-state index in [2.05, 4.69) is 30.7 Å². The maximum Gasteiger partial charge on any atom is 0.416 e. The number of halogens is 4. The van der Waals surface area contributed by atoms with Gasteiger partial charge < -0.3 is 14.5 Å². The van der Waals surface area contributed by atoms with Crippen LogP contribution in [0.1, 0.15) is 30.4 Å². The zero-order valence-corrected chi connectivity index (χ0v) is 20.2. The molecule has 4 nitrogen and oxygen atoms in total. The molecule has 9 heteroatoms. The minimum Gasteiger partial charge on any atom is -0.485 e. The third-order valence-corrected chi connectivity index (χ3v) is 7.94. The molecular weight excluding hydrogens is 515 g/mol. The number of ether oxygens (including phenoxy) is 1. The molecule has 2 aliphatic rings. The summed E-state index contributed by atoms with van der Waals surface area (Å²) in [6, 6.07) is 13.4. The molecular formula is C24H23BrF3N3OS. The molecule has 1 fully saturated rings. The quantitative estimate of drug-likeness (QED) is 0.369. The Morgan fingerprint density at radius 1 is 1.03 bits per heavy atom. The first-order valence-corrected chi connectivity index (χ1v) is 12.5. The SMILES string of the molecule is FC(F)(F)c1cccc(CN2CCC3(CCN(c4ncc(Br)s4)CC3)Oc3ccccc32)c1. The van der Waals surface area contributed by atoms with Gasteiger partial charge in [0.15, 0.2) is 5.13 Å². The van der Waals surface area contributed by atoms with Gasteiger partial charge in [0.1, 0.15) is 11.4 Å². The number of thiazole rings is 1. The van der Waals surface area contributed by atoms with Crippen LogP contribution in [0.4, 0.5) is 24.0 Å². The summed E-state index contributed by atoms with van der Waals surface area (Å²) >= 11 is 5.11. The van der Waals surface area contributed by atoms with E-state index in [4.69, 9.17) is 4.74 Å². The number of hydrogen-bond acceptors (Lipinski definition) is 5. The van der Waals surface area contributed by atoms with Crippen LogP contribution >= 0.6 is 27.3 Å². The van der Waals surface area contributed by atoms with E-state index in [1.807, 2.05) is 30.5 Å². The molecule has 174 valence electrons. The molecule has 2 aliphatic heterocycles. The van der Waals surface area contributed by atoms with Crippen LogP contribution in [0.3, 0.4) is 0 Å². The lowest BCUT2D eigenvalue weighted by Crippen LogP contribution is -2.48. The van der Waals surface area contributed by atoms with E-state index in [1.54, 1.807) is 17.4 Å². The minimum absolute atomic E-state index is 0.288. The average molecular weight is 538 g/mol. The van der Waals surface area contributed by atoms with E-state index in [-0.39, 0.29) is 5.60 Å². The van der Waals surface area contributed by atoms with Crippen molar-refractivity contribution in [2.75, 3.05) is 29.4 Å². The fraction of sp³-hybridized carbons (Fsp3) is 0.375. The highest BCUT2D eigenvalue weighted by Crippen LogP contribution is 2.42. The molecule has 0 radical (unpaired) electrons. The third kappa shape index (κ3) is 4.84. The predicted octanol–water partition coefficient (Wildman–Crippen LogP) is 6.75. The van der Waals surface area contributed by atoms with Crippen molar-refractivity contribution in [1.82, 2.24) is 4.98 Å². The Labute approximate surface area is 203 Å². The number of aromatic nitrogens is 1. The van der Waals surface area contributed by atoms with Crippen LogP contribution in [0, 0.1) is 0 Å². The molecule has 2 aromatic carbocycles.